The van der Waals surface area contributed by atoms with E-state index in [1.54, 1.807) is 0 Å². The third-order valence-corrected chi connectivity index (χ3v) is 3.10. The molecule has 1 aromatic carbocycles. The van der Waals surface area contributed by atoms with E-state index in [4.69, 9.17) is 4.74 Å². The number of carbonyl (C=O) groups excluding carboxylic acids is 2. The molecular weight excluding hydrogens is 303 g/mol. The van der Waals surface area contributed by atoms with Gasteiger partial charge in [0.15, 0.2) is 6.23 Å². The first-order valence-electron chi connectivity index (χ1n) is 6.89. The van der Waals surface area contributed by atoms with Gasteiger partial charge in [-0.25, -0.2) is 14.4 Å². The van der Waals surface area contributed by atoms with Crippen LogP contribution in [0.25, 0.3) is 0 Å². The molecule has 1 fully saturated rings. The second-order valence-electron chi connectivity index (χ2n) is 5.03. The monoisotopic (exact) mass is 316 g/mol. The molecule has 2 aromatic rings. The number of hydrogen-bond acceptors (Lipinski definition) is 5. The lowest BCUT2D eigenvalue weighted by Crippen LogP contribution is -2.51. The van der Waals surface area contributed by atoms with Crippen molar-refractivity contribution in [1.82, 2.24) is 15.3 Å². The summed E-state index contributed by atoms with van der Waals surface area (Å²) in [5.74, 6) is -0.766. The van der Waals surface area contributed by atoms with Crippen molar-refractivity contribution < 1.29 is 18.7 Å². The number of halogens is 1. The van der Waals surface area contributed by atoms with E-state index in [1.807, 2.05) is 0 Å². The maximum Gasteiger partial charge on any atom is 0.228 e. The minimum Gasteiger partial charge on any atom is -0.470 e. The molecule has 7 nitrogen and oxygen atoms in total. The summed E-state index contributed by atoms with van der Waals surface area (Å²) in [6.45, 7) is 0. The largest absolute Gasteiger partial charge is 0.470 e. The summed E-state index contributed by atoms with van der Waals surface area (Å²) >= 11 is 0. The Morgan fingerprint density at radius 3 is 2.78 bits per heavy atom. The lowest BCUT2D eigenvalue weighted by Gasteiger charge is -2.27. The predicted octanol–water partition coefficient (Wildman–Crippen LogP) is 1.02. The van der Waals surface area contributed by atoms with Crippen molar-refractivity contribution in [2.24, 2.45) is 0 Å². The molecule has 1 aliphatic heterocycles. The molecule has 1 saturated heterocycles. The first-order valence-corrected chi connectivity index (χ1v) is 6.89. The zero-order valence-corrected chi connectivity index (χ0v) is 12.0. The molecule has 1 atom stereocenters. The Balaban J connectivity index is 1.63. The summed E-state index contributed by atoms with van der Waals surface area (Å²) in [5.41, 5.74) is 0.919. The van der Waals surface area contributed by atoms with Gasteiger partial charge < -0.3 is 15.4 Å². The highest BCUT2D eigenvalue weighted by Crippen LogP contribution is 2.23. The van der Waals surface area contributed by atoms with Crippen LogP contribution in [-0.4, -0.2) is 28.0 Å². The smallest absolute Gasteiger partial charge is 0.228 e. The van der Waals surface area contributed by atoms with Crippen molar-refractivity contribution in [1.29, 1.82) is 0 Å². The van der Waals surface area contributed by atoms with Gasteiger partial charge in [0.25, 0.3) is 0 Å². The minimum atomic E-state index is -0.550. The molecule has 1 aromatic heterocycles. The number of benzene rings is 1. The fraction of sp³-hybridized carbons (Fsp3) is 0.200. The van der Waals surface area contributed by atoms with Gasteiger partial charge in [-0.15, -0.1) is 0 Å². The van der Waals surface area contributed by atoms with Gasteiger partial charge in [0.1, 0.15) is 17.9 Å². The van der Waals surface area contributed by atoms with Crippen molar-refractivity contribution in [3.8, 4) is 5.75 Å². The maximum absolute atomic E-state index is 13.6. The number of hydrogen-bond donors (Lipinski definition) is 2. The Hall–Kier alpha value is -3.03. The number of ether oxygens (including phenoxy) is 1. The number of anilines is 1. The Morgan fingerprint density at radius 1 is 1.35 bits per heavy atom. The van der Waals surface area contributed by atoms with Crippen LogP contribution < -0.4 is 15.4 Å². The van der Waals surface area contributed by atoms with Gasteiger partial charge >= 0.3 is 0 Å². The van der Waals surface area contributed by atoms with E-state index in [2.05, 4.69) is 20.6 Å². The molecule has 1 aliphatic rings. The molecule has 0 radical (unpaired) electrons. The molecule has 0 saturated carbocycles. The Morgan fingerprint density at radius 2 is 2.09 bits per heavy atom. The van der Waals surface area contributed by atoms with E-state index < -0.39 is 12.0 Å². The van der Waals surface area contributed by atoms with Crippen molar-refractivity contribution in [2.45, 2.75) is 19.1 Å². The summed E-state index contributed by atoms with van der Waals surface area (Å²) in [6.07, 6.45) is 4.28. The van der Waals surface area contributed by atoms with Gasteiger partial charge in [0.05, 0.1) is 12.8 Å². The number of nitrogens with one attached hydrogen (secondary N) is 2. The zero-order chi connectivity index (χ0) is 16.2. The average Bonchev–Trinajstić information content (AvgIpc) is 2.46. The molecule has 8 heteroatoms. The van der Waals surface area contributed by atoms with E-state index in [9.17, 15) is 14.0 Å². The third kappa shape index (κ3) is 4.00. The van der Waals surface area contributed by atoms with E-state index in [0.29, 0.717) is 5.56 Å². The van der Waals surface area contributed by atoms with E-state index in [1.165, 1.54) is 36.9 Å². The van der Waals surface area contributed by atoms with Gasteiger partial charge in [-0.3, -0.25) is 9.59 Å². The van der Waals surface area contributed by atoms with Gasteiger partial charge in [0.2, 0.25) is 11.8 Å². The number of aromatic nitrogens is 2. The van der Waals surface area contributed by atoms with E-state index in [-0.39, 0.29) is 36.1 Å². The highest BCUT2D eigenvalue weighted by molar-refractivity contribution is 5.92. The van der Waals surface area contributed by atoms with Crippen molar-refractivity contribution in [3.63, 3.8) is 0 Å². The van der Waals surface area contributed by atoms with Crippen LogP contribution in [0.15, 0.2) is 36.9 Å². The molecule has 2 heterocycles. The standard InChI is InChI=1S/C15H13FN4O3/c16-10-2-11(4-12(3-10)23-15-5-14(22)20-15)19-13(21)1-9-6-17-8-18-7-9/h2-4,6-8,15H,1,5H2,(H,19,21)(H,20,22)/t15-/m0/s1. The van der Waals surface area contributed by atoms with Crippen LogP contribution in [0.5, 0.6) is 5.75 Å². The average molecular weight is 316 g/mol. The van der Waals surface area contributed by atoms with Crippen LogP contribution in [0.3, 0.4) is 0 Å². The molecule has 0 bridgehead atoms. The summed E-state index contributed by atoms with van der Waals surface area (Å²) in [4.78, 5) is 30.4. The molecule has 23 heavy (non-hydrogen) atoms. The molecule has 3 rings (SSSR count). The molecule has 0 aliphatic carbocycles. The van der Waals surface area contributed by atoms with E-state index in [0.717, 1.165) is 0 Å². The maximum atomic E-state index is 13.6. The second-order valence-corrected chi connectivity index (χ2v) is 5.03. The lowest BCUT2D eigenvalue weighted by atomic mass is 10.2. The molecule has 0 spiro atoms. The molecular formula is C15H13FN4O3. The van der Waals surface area contributed by atoms with Crippen LogP contribution >= 0.6 is 0 Å². The highest BCUT2D eigenvalue weighted by atomic mass is 19.1. The Labute approximate surface area is 130 Å². The normalized spacial score (nSPS) is 16.2. The van der Waals surface area contributed by atoms with Gasteiger partial charge in [0, 0.05) is 30.2 Å². The van der Waals surface area contributed by atoms with Crippen LogP contribution in [0.4, 0.5) is 10.1 Å². The predicted molar refractivity (Wildman–Crippen MR) is 77.9 cm³/mol. The minimum absolute atomic E-state index is 0.0756. The van der Waals surface area contributed by atoms with Crippen LogP contribution in [0.1, 0.15) is 12.0 Å². The number of β-lactam (4-membered cyclic amide) rings is 1. The second kappa shape index (κ2) is 6.39. The van der Waals surface area contributed by atoms with Gasteiger partial charge in [-0.05, 0) is 11.6 Å². The molecule has 2 N–H and O–H groups in total. The van der Waals surface area contributed by atoms with Gasteiger partial charge in [-0.2, -0.15) is 0 Å². The number of amides is 2. The lowest BCUT2D eigenvalue weighted by molar-refractivity contribution is -0.134. The fourth-order valence-electron chi connectivity index (χ4n) is 2.08. The third-order valence-electron chi connectivity index (χ3n) is 3.10. The fourth-order valence-corrected chi connectivity index (χ4v) is 2.08. The number of rotatable bonds is 5. The van der Waals surface area contributed by atoms with E-state index >= 15 is 0 Å². The van der Waals surface area contributed by atoms with Gasteiger partial charge in [-0.1, -0.05) is 0 Å². The number of carbonyl (C=O) groups is 2. The van der Waals surface area contributed by atoms with Crippen molar-refractivity contribution >= 4 is 17.5 Å². The zero-order valence-electron chi connectivity index (χ0n) is 12.0. The summed E-state index contributed by atoms with van der Waals surface area (Å²) in [6, 6.07) is 3.86. The number of nitrogens with zero attached hydrogens (tertiary/aromatic N) is 2. The summed E-state index contributed by atoms with van der Waals surface area (Å²) < 4.78 is 19.0. The van der Waals surface area contributed by atoms with Crippen LogP contribution in [0.2, 0.25) is 0 Å². The summed E-state index contributed by atoms with van der Waals surface area (Å²) in [7, 11) is 0. The molecule has 2 amide bonds. The van der Waals surface area contributed by atoms with Crippen molar-refractivity contribution in [3.05, 3.63) is 48.3 Å². The van der Waals surface area contributed by atoms with Crippen LogP contribution in [0, 0.1) is 5.82 Å². The summed E-state index contributed by atoms with van der Waals surface area (Å²) in [5, 5.41) is 5.11. The Kier molecular flexibility index (Phi) is 4.13. The molecule has 118 valence electrons. The topological polar surface area (TPSA) is 93.2 Å². The first kappa shape index (κ1) is 14.9. The quantitative estimate of drug-likeness (QED) is 0.803. The molecule has 0 unspecified atom stereocenters. The first-order chi connectivity index (χ1) is 11.1. The Bertz CT molecular complexity index is 731. The van der Waals surface area contributed by atoms with Crippen LogP contribution in [-0.2, 0) is 16.0 Å². The SMILES string of the molecule is O=C(Cc1cncnc1)Nc1cc(F)cc(O[C@H]2CC(=O)N2)c1. The highest BCUT2D eigenvalue weighted by Gasteiger charge is 2.27. The van der Waals surface area contributed by atoms with Crippen molar-refractivity contribution in [2.75, 3.05) is 5.32 Å².